The quantitative estimate of drug-likeness (QED) is 0.431. The summed E-state index contributed by atoms with van der Waals surface area (Å²) >= 11 is 1.64. The fourth-order valence-electron chi connectivity index (χ4n) is 3.30. The highest BCUT2D eigenvalue weighted by Crippen LogP contribution is 2.33. The molecule has 0 saturated heterocycles. The predicted molar refractivity (Wildman–Crippen MR) is 94.3 cm³/mol. The second-order valence-corrected chi connectivity index (χ2v) is 6.88. The van der Waals surface area contributed by atoms with E-state index in [0.717, 1.165) is 35.2 Å². The molecule has 23 heavy (non-hydrogen) atoms. The van der Waals surface area contributed by atoms with Crippen molar-refractivity contribution in [3.63, 3.8) is 0 Å². The molecule has 0 atom stereocenters. The molecule has 1 aliphatic rings. The number of hydrogen-bond acceptors (Lipinski definition) is 5. The zero-order valence-corrected chi connectivity index (χ0v) is 13.5. The average Bonchev–Trinajstić information content (AvgIpc) is 2.77. The molecule has 0 aliphatic heterocycles. The summed E-state index contributed by atoms with van der Waals surface area (Å²) in [4.78, 5) is 19.9. The molecule has 1 aliphatic carbocycles. The molecule has 2 heterocycles. The van der Waals surface area contributed by atoms with E-state index in [0.29, 0.717) is 5.95 Å². The van der Waals surface area contributed by atoms with Gasteiger partial charge in [-0.1, -0.05) is 24.6 Å². The summed E-state index contributed by atoms with van der Waals surface area (Å²) in [6, 6.07) is 9.51. The van der Waals surface area contributed by atoms with Crippen molar-refractivity contribution < 1.29 is 0 Å². The van der Waals surface area contributed by atoms with Crippen molar-refractivity contribution in [1.29, 1.82) is 0 Å². The van der Waals surface area contributed by atoms with Gasteiger partial charge in [-0.05, 0) is 43.4 Å². The van der Waals surface area contributed by atoms with Gasteiger partial charge in [-0.3, -0.25) is 10.2 Å². The van der Waals surface area contributed by atoms with Gasteiger partial charge in [0.05, 0.1) is 11.1 Å². The lowest BCUT2D eigenvalue weighted by molar-refractivity contribution is 0.713. The van der Waals surface area contributed by atoms with Gasteiger partial charge in [0, 0.05) is 4.88 Å². The minimum absolute atomic E-state index is 0.0337. The van der Waals surface area contributed by atoms with Gasteiger partial charge in [0.1, 0.15) is 4.83 Å². The Hall–Kier alpha value is -2.18. The number of aromatic nitrogens is 2. The van der Waals surface area contributed by atoms with Gasteiger partial charge in [-0.15, -0.1) is 11.3 Å². The Labute approximate surface area is 137 Å². The van der Waals surface area contributed by atoms with Crippen LogP contribution in [0.2, 0.25) is 0 Å². The van der Waals surface area contributed by atoms with Gasteiger partial charge in [-0.25, -0.2) is 15.4 Å². The fraction of sp³-hybridized carbons (Fsp3) is 0.294. The van der Waals surface area contributed by atoms with Gasteiger partial charge in [-0.2, -0.15) is 0 Å². The lowest BCUT2D eigenvalue weighted by Gasteiger charge is -2.11. The molecular weight excluding hydrogens is 308 g/mol. The molecule has 0 amide bonds. The first-order chi connectivity index (χ1) is 11.3. The first-order valence-corrected chi connectivity index (χ1v) is 8.70. The molecule has 4 rings (SSSR count). The molecule has 118 valence electrons. The number of para-hydroxylation sites is 1. The van der Waals surface area contributed by atoms with Crippen molar-refractivity contribution >= 4 is 27.5 Å². The topological polar surface area (TPSA) is 72.9 Å². The van der Waals surface area contributed by atoms with E-state index in [1.807, 2.05) is 30.3 Å². The van der Waals surface area contributed by atoms with Crippen molar-refractivity contribution in [2.24, 2.45) is 5.84 Å². The number of aryl methyl sites for hydroxylation is 2. The maximum Gasteiger partial charge on any atom is 0.268 e. The minimum atomic E-state index is -0.0337. The molecule has 6 heteroatoms. The molecule has 0 radical (unpaired) electrons. The molecule has 0 spiro atoms. The van der Waals surface area contributed by atoms with Crippen LogP contribution in [0, 0.1) is 0 Å². The molecule has 2 aromatic heterocycles. The summed E-state index contributed by atoms with van der Waals surface area (Å²) in [5.41, 5.74) is 4.52. The van der Waals surface area contributed by atoms with Crippen LogP contribution in [-0.2, 0) is 12.8 Å². The molecule has 1 aromatic carbocycles. The van der Waals surface area contributed by atoms with Crippen LogP contribution < -0.4 is 16.8 Å². The summed E-state index contributed by atoms with van der Waals surface area (Å²) in [5.74, 6) is 6.01. The van der Waals surface area contributed by atoms with Crippen molar-refractivity contribution in [2.75, 3.05) is 5.43 Å². The van der Waals surface area contributed by atoms with Crippen LogP contribution in [0.1, 0.15) is 29.7 Å². The number of rotatable bonds is 2. The SMILES string of the molecule is NNc1nc2sc3c(c2c(=O)n1-c1ccccc1)CCCCC3. The van der Waals surface area contributed by atoms with Crippen molar-refractivity contribution in [1.82, 2.24) is 9.55 Å². The number of thiophene rings is 1. The Morgan fingerprint density at radius 3 is 2.70 bits per heavy atom. The van der Waals surface area contributed by atoms with Gasteiger partial charge >= 0.3 is 0 Å². The lowest BCUT2D eigenvalue weighted by Crippen LogP contribution is -2.26. The first kappa shape index (κ1) is 14.4. The Kier molecular flexibility index (Phi) is 3.63. The number of nitrogens with two attached hydrogens (primary N) is 1. The number of hydrogen-bond donors (Lipinski definition) is 2. The van der Waals surface area contributed by atoms with Crippen LogP contribution in [0.25, 0.3) is 15.9 Å². The number of nitrogens with one attached hydrogen (secondary N) is 1. The van der Waals surface area contributed by atoms with E-state index in [2.05, 4.69) is 10.4 Å². The van der Waals surface area contributed by atoms with E-state index in [1.54, 1.807) is 15.9 Å². The predicted octanol–water partition coefficient (Wildman–Crippen LogP) is 3.00. The van der Waals surface area contributed by atoms with Crippen LogP contribution in [0.4, 0.5) is 5.95 Å². The van der Waals surface area contributed by atoms with E-state index < -0.39 is 0 Å². The third-order valence-electron chi connectivity index (χ3n) is 4.38. The van der Waals surface area contributed by atoms with E-state index >= 15 is 0 Å². The second kappa shape index (κ2) is 5.79. The van der Waals surface area contributed by atoms with Gasteiger partial charge in [0.25, 0.3) is 5.56 Å². The first-order valence-electron chi connectivity index (χ1n) is 7.89. The Balaban J connectivity index is 2.05. The molecule has 0 bridgehead atoms. The summed E-state index contributed by atoms with van der Waals surface area (Å²) in [5, 5.41) is 0.773. The highest BCUT2D eigenvalue weighted by molar-refractivity contribution is 7.18. The highest BCUT2D eigenvalue weighted by atomic mass is 32.1. The second-order valence-electron chi connectivity index (χ2n) is 5.80. The van der Waals surface area contributed by atoms with Crippen molar-refractivity contribution in [3.05, 3.63) is 51.1 Å². The monoisotopic (exact) mass is 326 g/mol. The number of fused-ring (bicyclic) bond motifs is 3. The van der Waals surface area contributed by atoms with Gasteiger partial charge < -0.3 is 0 Å². The third kappa shape index (κ3) is 2.34. The summed E-state index contributed by atoms with van der Waals surface area (Å²) in [6.07, 6.45) is 5.57. The number of nitrogen functional groups attached to an aromatic ring is 1. The number of anilines is 1. The van der Waals surface area contributed by atoms with Crippen LogP contribution >= 0.6 is 11.3 Å². The van der Waals surface area contributed by atoms with Crippen LogP contribution in [0.3, 0.4) is 0 Å². The molecule has 3 N–H and O–H groups in total. The maximum absolute atomic E-state index is 13.2. The molecule has 5 nitrogen and oxygen atoms in total. The standard InChI is InChI=1S/C17H18N4OS/c18-20-17-19-15-14(12-9-5-2-6-10-13(12)23-15)16(22)21(17)11-7-3-1-4-8-11/h1,3-4,7-8H,2,5-6,9-10,18H2,(H,19,20). The van der Waals surface area contributed by atoms with Gasteiger partial charge in [0.15, 0.2) is 0 Å². The van der Waals surface area contributed by atoms with Crippen molar-refractivity contribution in [3.8, 4) is 5.69 Å². The van der Waals surface area contributed by atoms with Crippen LogP contribution in [-0.4, -0.2) is 9.55 Å². The third-order valence-corrected chi connectivity index (χ3v) is 5.57. The highest BCUT2D eigenvalue weighted by Gasteiger charge is 2.21. The number of hydrazine groups is 1. The summed E-state index contributed by atoms with van der Waals surface area (Å²) < 4.78 is 1.57. The normalized spacial score (nSPS) is 14.5. The molecule has 0 fully saturated rings. The minimum Gasteiger partial charge on any atom is -0.293 e. The molecular formula is C17H18N4OS. The van der Waals surface area contributed by atoms with Gasteiger partial charge in [0.2, 0.25) is 5.95 Å². The Morgan fingerprint density at radius 1 is 1.13 bits per heavy atom. The molecule has 3 aromatic rings. The van der Waals surface area contributed by atoms with Crippen molar-refractivity contribution in [2.45, 2.75) is 32.1 Å². The van der Waals surface area contributed by atoms with E-state index in [9.17, 15) is 4.79 Å². The van der Waals surface area contributed by atoms with E-state index in [-0.39, 0.29) is 5.56 Å². The summed E-state index contributed by atoms with van der Waals surface area (Å²) in [6.45, 7) is 0. The average molecular weight is 326 g/mol. The zero-order chi connectivity index (χ0) is 15.8. The molecule has 0 saturated carbocycles. The summed E-state index contributed by atoms with van der Waals surface area (Å²) in [7, 11) is 0. The smallest absolute Gasteiger partial charge is 0.268 e. The van der Waals surface area contributed by atoms with Crippen LogP contribution in [0.5, 0.6) is 0 Å². The number of nitrogens with zero attached hydrogens (tertiary/aromatic N) is 2. The maximum atomic E-state index is 13.2. The number of benzene rings is 1. The Morgan fingerprint density at radius 2 is 1.91 bits per heavy atom. The zero-order valence-electron chi connectivity index (χ0n) is 12.7. The van der Waals surface area contributed by atoms with E-state index in [4.69, 9.17) is 5.84 Å². The molecule has 0 unspecified atom stereocenters. The largest absolute Gasteiger partial charge is 0.293 e. The van der Waals surface area contributed by atoms with Crippen LogP contribution in [0.15, 0.2) is 35.1 Å². The fourth-order valence-corrected chi connectivity index (χ4v) is 4.55. The van der Waals surface area contributed by atoms with E-state index in [1.165, 1.54) is 23.3 Å². The Bertz CT molecular complexity index is 914. The lowest BCUT2D eigenvalue weighted by atomic mass is 10.1.